The molecule has 1 fully saturated rings. The fraction of sp³-hybridized carbons (Fsp3) is 0.533. The fourth-order valence-corrected chi connectivity index (χ4v) is 2.32. The number of nitrogens with one attached hydrogen (secondary N) is 1. The maximum Gasteiger partial charge on any atom is 0.239 e. The highest BCUT2D eigenvalue weighted by atomic mass is 16.5. The number of carbonyl (C=O) groups excluding carboxylic acids is 1. The summed E-state index contributed by atoms with van der Waals surface area (Å²) in [5.74, 6) is -0.0437. The van der Waals surface area contributed by atoms with Crippen LogP contribution in [0.15, 0.2) is 30.3 Å². The molecule has 1 saturated heterocycles. The van der Waals surface area contributed by atoms with Gasteiger partial charge in [0.25, 0.3) is 0 Å². The molecular formula is C15H22N2O3. The maximum atomic E-state index is 12.0. The molecule has 1 unspecified atom stereocenters. The first-order valence-electron chi connectivity index (χ1n) is 7.09. The lowest BCUT2D eigenvalue weighted by Crippen LogP contribution is -2.41. The van der Waals surface area contributed by atoms with Gasteiger partial charge in [0.2, 0.25) is 5.91 Å². The van der Waals surface area contributed by atoms with Gasteiger partial charge in [-0.25, -0.2) is 0 Å². The first kappa shape index (κ1) is 14.8. The van der Waals surface area contributed by atoms with Gasteiger partial charge in [0.1, 0.15) is 0 Å². The summed E-state index contributed by atoms with van der Waals surface area (Å²) in [5, 5.41) is 12.0. The lowest BCUT2D eigenvalue weighted by atomic mass is 10.2. The molecule has 0 bridgehead atoms. The van der Waals surface area contributed by atoms with E-state index < -0.39 is 0 Å². The van der Waals surface area contributed by atoms with Crippen molar-refractivity contribution >= 4 is 11.6 Å². The molecule has 2 N–H and O–H groups in total. The molecule has 0 spiro atoms. The van der Waals surface area contributed by atoms with Crippen LogP contribution in [-0.2, 0) is 9.53 Å². The average Bonchev–Trinajstić information content (AvgIpc) is 2.99. The lowest BCUT2D eigenvalue weighted by molar-refractivity contribution is -0.120. The van der Waals surface area contributed by atoms with E-state index in [1.165, 1.54) is 0 Å². The molecule has 0 aromatic heterocycles. The number of carbonyl (C=O) groups is 1. The molecule has 1 aliphatic heterocycles. The van der Waals surface area contributed by atoms with E-state index in [1.54, 1.807) is 0 Å². The van der Waals surface area contributed by atoms with Gasteiger partial charge < -0.3 is 20.1 Å². The molecule has 1 amide bonds. The fourth-order valence-electron chi connectivity index (χ4n) is 2.32. The van der Waals surface area contributed by atoms with E-state index >= 15 is 0 Å². The number of para-hydroxylation sites is 1. The smallest absolute Gasteiger partial charge is 0.239 e. The molecule has 110 valence electrons. The van der Waals surface area contributed by atoms with Crippen molar-refractivity contribution in [3.63, 3.8) is 0 Å². The van der Waals surface area contributed by atoms with Crippen LogP contribution >= 0.6 is 0 Å². The second-order valence-electron chi connectivity index (χ2n) is 4.92. The highest BCUT2D eigenvalue weighted by Gasteiger charge is 2.17. The lowest BCUT2D eigenvalue weighted by Gasteiger charge is -2.23. The molecule has 0 radical (unpaired) electrons. The molecule has 2 rings (SSSR count). The number of ether oxygens (including phenoxy) is 1. The summed E-state index contributed by atoms with van der Waals surface area (Å²) in [7, 11) is 0. The maximum absolute atomic E-state index is 12.0. The standard InChI is InChI=1S/C15H22N2O3/c18-9-8-17(13-5-2-1-3-6-13)12-15(19)16-11-14-7-4-10-20-14/h1-3,5-6,14,18H,4,7-12H2,(H,16,19). The summed E-state index contributed by atoms with van der Waals surface area (Å²) in [6.45, 7) is 2.07. The van der Waals surface area contributed by atoms with Gasteiger partial charge in [-0.1, -0.05) is 18.2 Å². The quantitative estimate of drug-likeness (QED) is 0.774. The summed E-state index contributed by atoms with van der Waals surface area (Å²) in [4.78, 5) is 13.8. The normalized spacial score (nSPS) is 17.9. The van der Waals surface area contributed by atoms with Gasteiger partial charge in [-0.15, -0.1) is 0 Å². The number of aliphatic hydroxyl groups is 1. The van der Waals surface area contributed by atoms with Gasteiger partial charge in [0.05, 0.1) is 19.3 Å². The van der Waals surface area contributed by atoms with E-state index in [-0.39, 0.29) is 25.2 Å². The van der Waals surface area contributed by atoms with Crippen LogP contribution in [0.1, 0.15) is 12.8 Å². The topological polar surface area (TPSA) is 61.8 Å². The minimum Gasteiger partial charge on any atom is -0.395 e. The highest BCUT2D eigenvalue weighted by Crippen LogP contribution is 2.13. The predicted molar refractivity (Wildman–Crippen MR) is 77.7 cm³/mol. The van der Waals surface area contributed by atoms with Crippen LogP contribution in [0.5, 0.6) is 0 Å². The second-order valence-corrected chi connectivity index (χ2v) is 4.92. The van der Waals surface area contributed by atoms with Crippen LogP contribution < -0.4 is 10.2 Å². The van der Waals surface area contributed by atoms with Crippen molar-refractivity contribution in [3.05, 3.63) is 30.3 Å². The summed E-state index contributed by atoms with van der Waals surface area (Å²) in [6.07, 6.45) is 2.24. The zero-order chi connectivity index (χ0) is 14.2. The Kier molecular flexibility index (Phi) is 5.83. The van der Waals surface area contributed by atoms with Crippen molar-refractivity contribution in [2.75, 3.05) is 37.7 Å². The van der Waals surface area contributed by atoms with E-state index in [0.29, 0.717) is 13.1 Å². The third kappa shape index (κ3) is 4.51. The molecule has 1 atom stereocenters. The van der Waals surface area contributed by atoms with Gasteiger partial charge >= 0.3 is 0 Å². The van der Waals surface area contributed by atoms with Gasteiger partial charge in [-0.3, -0.25) is 4.79 Å². The zero-order valence-corrected chi connectivity index (χ0v) is 11.6. The van der Waals surface area contributed by atoms with E-state index in [1.807, 2.05) is 35.2 Å². The predicted octanol–water partition coefficient (Wildman–Crippen LogP) is 0.780. The average molecular weight is 278 g/mol. The molecule has 20 heavy (non-hydrogen) atoms. The molecule has 5 heteroatoms. The molecule has 1 heterocycles. The Morgan fingerprint density at radius 1 is 1.40 bits per heavy atom. The molecule has 0 aliphatic carbocycles. The Morgan fingerprint density at radius 3 is 2.85 bits per heavy atom. The number of anilines is 1. The minimum absolute atomic E-state index is 0.0217. The third-order valence-electron chi connectivity index (χ3n) is 3.38. The number of nitrogens with zero attached hydrogens (tertiary/aromatic N) is 1. The Hall–Kier alpha value is -1.59. The van der Waals surface area contributed by atoms with Crippen molar-refractivity contribution in [1.82, 2.24) is 5.32 Å². The van der Waals surface area contributed by atoms with Gasteiger partial charge in [0, 0.05) is 25.4 Å². The number of hydrogen-bond acceptors (Lipinski definition) is 4. The van der Waals surface area contributed by atoms with E-state index in [4.69, 9.17) is 9.84 Å². The monoisotopic (exact) mass is 278 g/mol. The molecule has 1 aromatic rings. The van der Waals surface area contributed by atoms with Crippen molar-refractivity contribution in [2.24, 2.45) is 0 Å². The number of benzene rings is 1. The van der Waals surface area contributed by atoms with Gasteiger partial charge in [-0.05, 0) is 25.0 Å². The molecule has 0 saturated carbocycles. The van der Waals surface area contributed by atoms with Gasteiger partial charge in [-0.2, -0.15) is 0 Å². The van der Waals surface area contributed by atoms with Crippen LogP contribution in [0, 0.1) is 0 Å². The van der Waals surface area contributed by atoms with Crippen LogP contribution in [0.2, 0.25) is 0 Å². The van der Waals surface area contributed by atoms with E-state index in [2.05, 4.69) is 5.32 Å². The van der Waals surface area contributed by atoms with Crippen LogP contribution in [-0.4, -0.2) is 50.0 Å². The molecular weight excluding hydrogens is 256 g/mol. The Bertz CT molecular complexity index is 405. The van der Waals surface area contributed by atoms with Crippen molar-refractivity contribution in [2.45, 2.75) is 18.9 Å². The number of rotatable bonds is 7. The second kappa shape index (κ2) is 7.87. The minimum atomic E-state index is -0.0437. The first-order chi connectivity index (χ1) is 9.79. The Balaban J connectivity index is 1.82. The van der Waals surface area contributed by atoms with Crippen molar-refractivity contribution in [3.8, 4) is 0 Å². The van der Waals surface area contributed by atoms with Crippen molar-refractivity contribution in [1.29, 1.82) is 0 Å². The SMILES string of the molecule is O=C(CN(CCO)c1ccccc1)NCC1CCCO1. The van der Waals surface area contributed by atoms with E-state index in [0.717, 1.165) is 25.1 Å². The Morgan fingerprint density at radius 2 is 2.20 bits per heavy atom. The largest absolute Gasteiger partial charge is 0.395 e. The zero-order valence-electron chi connectivity index (χ0n) is 11.6. The molecule has 5 nitrogen and oxygen atoms in total. The van der Waals surface area contributed by atoms with Crippen LogP contribution in [0.4, 0.5) is 5.69 Å². The molecule has 1 aliphatic rings. The summed E-state index contributed by atoms with van der Waals surface area (Å²) in [5.41, 5.74) is 0.939. The summed E-state index contributed by atoms with van der Waals surface area (Å²) < 4.78 is 5.47. The third-order valence-corrected chi connectivity index (χ3v) is 3.38. The number of aliphatic hydroxyl groups excluding tert-OH is 1. The summed E-state index contributed by atoms with van der Waals surface area (Å²) >= 11 is 0. The van der Waals surface area contributed by atoms with Gasteiger partial charge in [0.15, 0.2) is 0 Å². The number of hydrogen-bond donors (Lipinski definition) is 2. The van der Waals surface area contributed by atoms with Crippen LogP contribution in [0.25, 0.3) is 0 Å². The van der Waals surface area contributed by atoms with E-state index in [9.17, 15) is 4.79 Å². The number of amides is 1. The Labute approximate surface area is 119 Å². The highest BCUT2D eigenvalue weighted by molar-refractivity contribution is 5.81. The molecule has 1 aromatic carbocycles. The van der Waals surface area contributed by atoms with Crippen molar-refractivity contribution < 1.29 is 14.6 Å². The summed E-state index contributed by atoms with van der Waals surface area (Å²) in [6, 6.07) is 9.64. The van der Waals surface area contributed by atoms with Crippen LogP contribution in [0.3, 0.4) is 0 Å². The first-order valence-corrected chi connectivity index (χ1v) is 7.09.